The van der Waals surface area contributed by atoms with Crippen molar-refractivity contribution in [3.05, 3.63) is 35.4 Å². The number of methoxy groups -OCH3 is 1. The van der Waals surface area contributed by atoms with Crippen LogP contribution >= 0.6 is 0 Å². The van der Waals surface area contributed by atoms with E-state index in [0.717, 1.165) is 0 Å². The van der Waals surface area contributed by atoms with Crippen molar-refractivity contribution in [2.24, 2.45) is 7.05 Å². The molecule has 0 atom stereocenters. The maximum absolute atomic E-state index is 13.1. The fraction of sp³-hybridized carbons (Fsp3) is 0.286. The van der Waals surface area contributed by atoms with Gasteiger partial charge in [-0.05, 0) is 18.6 Å². The van der Waals surface area contributed by atoms with Crippen LogP contribution in [0.2, 0.25) is 0 Å². The zero-order chi connectivity index (χ0) is 15.6. The van der Waals surface area contributed by atoms with Gasteiger partial charge in [-0.2, -0.15) is 5.10 Å². The van der Waals surface area contributed by atoms with E-state index in [4.69, 9.17) is 10.5 Å². The Kier molecular flexibility index (Phi) is 4.11. The zero-order valence-corrected chi connectivity index (χ0v) is 12.1. The van der Waals surface area contributed by atoms with Crippen LogP contribution < -0.4 is 15.8 Å². The topological polar surface area (TPSA) is 82.2 Å². The van der Waals surface area contributed by atoms with Crippen LogP contribution in [-0.4, -0.2) is 22.8 Å². The van der Waals surface area contributed by atoms with Gasteiger partial charge in [-0.15, -0.1) is 0 Å². The Morgan fingerprint density at radius 1 is 1.52 bits per heavy atom. The van der Waals surface area contributed by atoms with E-state index in [9.17, 15) is 9.18 Å². The van der Waals surface area contributed by atoms with Crippen LogP contribution in [0.5, 0.6) is 5.75 Å². The largest absolute Gasteiger partial charge is 0.494 e. The average Bonchev–Trinajstić information content (AvgIpc) is 2.75. The molecule has 0 bridgehead atoms. The first-order valence-electron chi connectivity index (χ1n) is 6.44. The summed E-state index contributed by atoms with van der Waals surface area (Å²) < 4.78 is 19.6. The maximum Gasteiger partial charge on any atom is 0.276 e. The number of rotatable bonds is 4. The second-order valence-electron chi connectivity index (χ2n) is 4.48. The fourth-order valence-corrected chi connectivity index (χ4v) is 2.08. The second kappa shape index (κ2) is 5.82. The van der Waals surface area contributed by atoms with Gasteiger partial charge in [0.1, 0.15) is 17.3 Å². The Balaban J connectivity index is 2.32. The van der Waals surface area contributed by atoms with Crippen molar-refractivity contribution in [3.8, 4) is 5.75 Å². The minimum absolute atomic E-state index is 0.236. The number of aromatic nitrogens is 2. The van der Waals surface area contributed by atoms with E-state index >= 15 is 0 Å². The Morgan fingerprint density at radius 2 is 2.24 bits per heavy atom. The normalized spacial score (nSPS) is 10.5. The zero-order valence-electron chi connectivity index (χ0n) is 12.1. The molecule has 0 fully saturated rings. The molecule has 21 heavy (non-hydrogen) atoms. The number of nitrogens with one attached hydrogen (secondary N) is 1. The molecule has 0 aliphatic rings. The van der Waals surface area contributed by atoms with Crippen LogP contribution in [-0.2, 0) is 13.5 Å². The number of carbonyl (C=O) groups is 1. The van der Waals surface area contributed by atoms with Gasteiger partial charge in [0.2, 0.25) is 0 Å². The summed E-state index contributed by atoms with van der Waals surface area (Å²) >= 11 is 0. The third-order valence-corrected chi connectivity index (χ3v) is 3.12. The first-order valence-corrected chi connectivity index (χ1v) is 6.44. The van der Waals surface area contributed by atoms with Crippen LogP contribution in [0.25, 0.3) is 0 Å². The molecular weight excluding hydrogens is 275 g/mol. The lowest BCUT2D eigenvalue weighted by atomic mass is 10.2. The molecule has 7 heteroatoms. The van der Waals surface area contributed by atoms with E-state index in [1.165, 1.54) is 30.0 Å². The molecule has 112 valence electrons. The first kappa shape index (κ1) is 14.8. The summed E-state index contributed by atoms with van der Waals surface area (Å²) in [6.45, 7) is 1.91. The van der Waals surface area contributed by atoms with Crippen LogP contribution in [0.3, 0.4) is 0 Å². The van der Waals surface area contributed by atoms with Crippen LogP contribution in [0.4, 0.5) is 15.8 Å². The minimum atomic E-state index is -0.446. The van der Waals surface area contributed by atoms with Crippen LogP contribution in [0.1, 0.15) is 23.1 Å². The molecule has 2 rings (SSSR count). The summed E-state index contributed by atoms with van der Waals surface area (Å²) in [6, 6.07) is 3.86. The Labute approximate surface area is 121 Å². The molecule has 0 saturated carbocycles. The Morgan fingerprint density at radius 3 is 2.81 bits per heavy atom. The van der Waals surface area contributed by atoms with E-state index < -0.39 is 11.7 Å². The van der Waals surface area contributed by atoms with Gasteiger partial charge in [-0.25, -0.2) is 4.39 Å². The molecule has 1 amide bonds. The van der Waals surface area contributed by atoms with Gasteiger partial charge in [-0.1, -0.05) is 6.92 Å². The van der Waals surface area contributed by atoms with Crippen molar-refractivity contribution in [2.45, 2.75) is 13.3 Å². The van der Waals surface area contributed by atoms with Crippen molar-refractivity contribution in [1.82, 2.24) is 9.78 Å². The number of hydrogen-bond donors (Lipinski definition) is 2. The summed E-state index contributed by atoms with van der Waals surface area (Å²) in [7, 11) is 3.05. The molecule has 6 nitrogen and oxygen atoms in total. The highest BCUT2D eigenvalue weighted by molar-refractivity contribution is 6.07. The monoisotopic (exact) mass is 292 g/mol. The molecule has 0 aliphatic heterocycles. The van der Waals surface area contributed by atoms with Gasteiger partial charge in [0.05, 0.1) is 24.2 Å². The Bertz CT molecular complexity index is 682. The van der Waals surface area contributed by atoms with Gasteiger partial charge >= 0.3 is 0 Å². The lowest BCUT2D eigenvalue weighted by Crippen LogP contribution is -2.18. The summed E-state index contributed by atoms with van der Waals surface area (Å²) in [6.07, 6.45) is 0.632. The number of halogens is 1. The quantitative estimate of drug-likeness (QED) is 0.902. The molecule has 1 heterocycles. The summed E-state index contributed by atoms with van der Waals surface area (Å²) in [5.41, 5.74) is 7.56. The number of nitrogens with two attached hydrogens (primary N) is 1. The molecule has 0 saturated heterocycles. The highest BCUT2D eigenvalue weighted by Gasteiger charge is 2.20. The summed E-state index contributed by atoms with van der Waals surface area (Å²) in [4.78, 5) is 12.3. The molecule has 0 radical (unpaired) electrons. The molecule has 0 unspecified atom stereocenters. The number of ether oxygens (including phenoxy) is 1. The number of carbonyl (C=O) groups excluding carboxylic acids is 1. The lowest BCUT2D eigenvalue weighted by molar-refractivity contribution is 0.101. The van der Waals surface area contributed by atoms with Gasteiger partial charge in [-0.3, -0.25) is 9.48 Å². The number of amides is 1. The van der Waals surface area contributed by atoms with Gasteiger partial charge in [0, 0.05) is 13.1 Å². The van der Waals surface area contributed by atoms with E-state index in [-0.39, 0.29) is 11.4 Å². The van der Waals surface area contributed by atoms with E-state index in [2.05, 4.69) is 10.4 Å². The third-order valence-electron chi connectivity index (χ3n) is 3.12. The maximum atomic E-state index is 13.1. The average molecular weight is 292 g/mol. The van der Waals surface area contributed by atoms with Gasteiger partial charge in [0.15, 0.2) is 0 Å². The predicted octanol–water partition coefficient (Wildman–Crippen LogP) is 1.96. The van der Waals surface area contributed by atoms with Crippen molar-refractivity contribution in [2.75, 3.05) is 18.2 Å². The molecule has 3 N–H and O–H groups in total. The summed E-state index contributed by atoms with van der Waals surface area (Å²) in [5, 5.41) is 6.84. The molecular formula is C14H17FN4O2. The van der Waals surface area contributed by atoms with E-state index in [0.29, 0.717) is 23.5 Å². The SMILES string of the molecule is CCc1nn(C)c(C(=O)Nc2ccc(F)cc2OC)c1N. The van der Waals surface area contributed by atoms with Crippen molar-refractivity contribution in [3.63, 3.8) is 0 Å². The van der Waals surface area contributed by atoms with Crippen LogP contribution in [0.15, 0.2) is 18.2 Å². The number of aryl methyl sites for hydroxylation is 2. The van der Waals surface area contributed by atoms with Gasteiger partial charge < -0.3 is 15.8 Å². The molecule has 1 aromatic carbocycles. The van der Waals surface area contributed by atoms with Crippen molar-refractivity contribution < 1.29 is 13.9 Å². The highest BCUT2D eigenvalue weighted by atomic mass is 19.1. The fourth-order valence-electron chi connectivity index (χ4n) is 2.08. The predicted molar refractivity (Wildman–Crippen MR) is 77.9 cm³/mol. The number of nitrogens with zero attached hydrogens (tertiary/aromatic N) is 2. The number of nitrogen functional groups attached to an aromatic ring is 1. The minimum Gasteiger partial charge on any atom is -0.494 e. The molecule has 0 spiro atoms. The third kappa shape index (κ3) is 2.81. The smallest absolute Gasteiger partial charge is 0.276 e. The van der Waals surface area contributed by atoms with E-state index in [1.807, 2.05) is 6.92 Å². The molecule has 1 aromatic heterocycles. The lowest BCUT2D eigenvalue weighted by Gasteiger charge is -2.10. The first-order chi connectivity index (χ1) is 9.97. The van der Waals surface area contributed by atoms with Gasteiger partial charge in [0.25, 0.3) is 5.91 Å². The second-order valence-corrected chi connectivity index (χ2v) is 4.48. The van der Waals surface area contributed by atoms with Crippen LogP contribution in [0, 0.1) is 5.82 Å². The number of anilines is 2. The van der Waals surface area contributed by atoms with Crippen molar-refractivity contribution >= 4 is 17.3 Å². The van der Waals surface area contributed by atoms with Crippen molar-refractivity contribution in [1.29, 1.82) is 0 Å². The number of hydrogen-bond acceptors (Lipinski definition) is 4. The number of benzene rings is 1. The Hall–Kier alpha value is -2.57. The highest BCUT2D eigenvalue weighted by Crippen LogP contribution is 2.26. The molecule has 0 aliphatic carbocycles. The standard InChI is InChI=1S/C14H17FN4O2/c1-4-9-12(16)13(19(2)18-9)14(20)17-10-6-5-8(15)7-11(10)21-3/h5-7H,4,16H2,1-3H3,(H,17,20). The summed E-state index contributed by atoms with van der Waals surface area (Å²) in [5.74, 6) is -0.634. The molecule has 2 aromatic rings. The van der Waals surface area contributed by atoms with E-state index in [1.54, 1.807) is 7.05 Å².